The number of hydrogen-bond acceptors (Lipinski definition) is 3. The molecular formula is C12H20BrN3O2. The van der Waals surface area contributed by atoms with Crippen LogP contribution in [-0.4, -0.2) is 52.7 Å². The number of nitrogens with zero attached hydrogens (tertiary/aromatic N) is 3. The predicted octanol–water partition coefficient (Wildman–Crippen LogP) is 1.47. The SMILES string of the molecule is CCc1nn(C)cc1C(=O)N(CCBr)CCOC. The maximum Gasteiger partial charge on any atom is 0.257 e. The summed E-state index contributed by atoms with van der Waals surface area (Å²) < 4.78 is 6.73. The van der Waals surface area contributed by atoms with Crippen molar-refractivity contribution in [2.24, 2.45) is 7.05 Å². The van der Waals surface area contributed by atoms with Crippen LogP contribution in [0, 0.1) is 0 Å². The average molecular weight is 318 g/mol. The van der Waals surface area contributed by atoms with Gasteiger partial charge in [0.05, 0.1) is 17.9 Å². The number of amides is 1. The second-order valence-corrected chi connectivity index (χ2v) is 4.78. The number of aromatic nitrogens is 2. The standard InChI is InChI=1S/C12H20BrN3O2/c1-4-11-10(9-15(2)14-11)12(17)16(6-5-13)7-8-18-3/h9H,4-8H2,1-3H3. The fourth-order valence-corrected chi connectivity index (χ4v) is 2.19. The molecule has 5 nitrogen and oxygen atoms in total. The van der Waals surface area contributed by atoms with Crippen LogP contribution in [0.3, 0.4) is 0 Å². The summed E-state index contributed by atoms with van der Waals surface area (Å²) >= 11 is 3.37. The number of carbonyl (C=O) groups excluding carboxylic acids is 1. The Hall–Kier alpha value is -0.880. The van der Waals surface area contributed by atoms with Gasteiger partial charge in [-0.15, -0.1) is 0 Å². The molecule has 0 saturated carbocycles. The topological polar surface area (TPSA) is 47.4 Å². The first-order valence-corrected chi connectivity index (χ1v) is 7.12. The third-order valence-electron chi connectivity index (χ3n) is 2.68. The van der Waals surface area contributed by atoms with Gasteiger partial charge in [-0.05, 0) is 6.42 Å². The Morgan fingerprint density at radius 1 is 1.56 bits per heavy atom. The Labute approximate surface area is 116 Å². The summed E-state index contributed by atoms with van der Waals surface area (Å²) in [5.74, 6) is 0.0245. The molecule has 1 rings (SSSR count). The van der Waals surface area contributed by atoms with Gasteiger partial charge < -0.3 is 9.64 Å². The highest BCUT2D eigenvalue weighted by molar-refractivity contribution is 9.09. The van der Waals surface area contributed by atoms with Crippen LogP contribution < -0.4 is 0 Å². The van der Waals surface area contributed by atoms with Crippen LogP contribution in [0.1, 0.15) is 23.0 Å². The molecule has 0 aliphatic heterocycles. The fourth-order valence-electron chi connectivity index (χ4n) is 1.76. The zero-order chi connectivity index (χ0) is 13.5. The van der Waals surface area contributed by atoms with Crippen LogP contribution in [0.25, 0.3) is 0 Å². The normalized spacial score (nSPS) is 10.7. The minimum Gasteiger partial charge on any atom is -0.383 e. The molecule has 1 amide bonds. The Balaban J connectivity index is 2.86. The van der Waals surface area contributed by atoms with E-state index in [9.17, 15) is 4.79 Å². The second kappa shape index (κ2) is 7.53. The number of hydrogen-bond donors (Lipinski definition) is 0. The molecule has 1 heterocycles. The van der Waals surface area contributed by atoms with E-state index in [-0.39, 0.29) is 5.91 Å². The summed E-state index contributed by atoms with van der Waals surface area (Å²) in [4.78, 5) is 14.2. The van der Waals surface area contributed by atoms with Crippen molar-refractivity contribution in [2.75, 3.05) is 32.1 Å². The van der Waals surface area contributed by atoms with Gasteiger partial charge in [0.25, 0.3) is 5.91 Å². The van der Waals surface area contributed by atoms with Crippen molar-refractivity contribution in [3.63, 3.8) is 0 Å². The first-order chi connectivity index (χ1) is 8.63. The Kier molecular flexibility index (Phi) is 6.35. The molecule has 0 aromatic carbocycles. The molecule has 6 heteroatoms. The molecule has 0 spiro atoms. The second-order valence-electron chi connectivity index (χ2n) is 3.99. The smallest absolute Gasteiger partial charge is 0.257 e. The third-order valence-corrected chi connectivity index (χ3v) is 3.03. The summed E-state index contributed by atoms with van der Waals surface area (Å²) in [6.07, 6.45) is 2.55. The first kappa shape index (κ1) is 15.2. The number of carbonyl (C=O) groups is 1. The van der Waals surface area contributed by atoms with Crippen LogP contribution in [-0.2, 0) is 18.2 Å². The van der Waals surface area contributed by atoms with E-state index in [1.807, 2.05) is 14.0 Å². The highest BCUT2D eigenvalue weighted by atomic mass is 79.9. The molecule has 0 aliphatic carbocycles. The summed E-state index contributed by atoms with van der Waals surface area (Å²) in [6, 6.07) is 0. The predicted molar refractivity (Wildman–Crippen MR) is 74.2 cm³/mol. The van der Waals surface area contributed by atoms with E-state index in [4.69, 9.17) is 4.74 Å². The zero-order valence-corrected chi connectivity index (χ0v) is 12.7. The number of ether oxygens (including phenoxy) is 1. The molecule has 18 heavy (non-hydrogen) atoms. The van der Waals surface area contributed by atoms with Gasteiger partial charge in [0.15, 0.2) is 0 Å². The molecule has 102 valence electrons. The lowest BCUT2D eigenvalue weighted by Crippen LogP contribution is -2.35. The maximum atomic E-state index is 12.4. The van der Waals surface area contributed by atoms with Gasteiger partial charge in [0.1, 0.15) is 0 Å². The van der Waals surface area contributed by atoms with Gasteiger partial charge in [-0.2, -0.15) is 5.10 Å². The lowest BCUT2D eigenvalue weighted by molar-refractivity contribution is 0.0708. The molecule has 0 N–H and O–H groups in total. The van der Waals surface area contributed by atoms with Gasteiger partial charge in [0.2, 0.25) is 0 Å². The lowest BCUT2D eigenvalue weighted by Gasteiger charge is -2.21. The number of halogens is 1. The van der Waals surface area contributed by atoms with Crippen molar-refractivity contribution in [3.8, 4) is 0 Å². The third kappa shape index (κ3) is 3.81. The maximum absolute atomic E-state index is 12.4. The number of alkyl halides is 1. The van der Waals surface area contributed by atoms with E-state index in [2.05, 4.69) is 21.0 Å². The van der Waals surface area contributed by atoms with E-state index in [0.717, 1.165) is 17.4 Å². The number of methoxy groups -OCH3 is 1. The van der Waals surface area contributed by atoms with E-state index >= 15 is 0 Å². The largest absolute Gasteiger partial charge is 0.383 e. The minimum absolute atomic E-state index is 0.0245. The molecule has 0 bridgehead atoms. The van der Waals surface area contributed by atoms with Gasteiger partial charge in [0, 0.05) is 38.8 Å². The molecular weight excluding hydrogens is 298 g/mol. The van der Waals surface area contributed by atoms with Gasteiger partial charge >= 0.3 is 0 Å². The highest BCUT2D eigenvalue weighted by Crippen LogP contribution is 2.11. The Morgan fingerprint density at radius 2 is 2.28 bits per heavy atom. The quantitative estimate of drug-likeness (QED) is 0.715. The fraction of sp³-hybridized carbons (Fsp3) is 0.667. The van der Waals surface area contributed by atoms with Crippen molar-refractivity contribution in [2.45, 2.75) is 13.3 Å². The molecule has 0 aliphatic rings. The van der Waals surface area contributed by atoms with E-state index in [1.165, 1.54) is 0 Å². The molecule has 0 radical (unpaired) electrons. The van der Waals surface area contributed by atoms with Gasteiger partial charge in [-0.1, -0.05) is 22.9 Å². The van der Waals surface area contributed by atoms with Crippen LogP contribution >= 0.6 is 15.9 Å². The minimum atomic E-state index is 0.0245. The van der Waals surface area contributed by atoms with E-state index in [1.54, 1.807) is 22.9 Å². The molecule has 0 saturated heterocycles. The van der Waals surface area contributed by atoms with E-state index in [0.29, 0.717) is 25.3 Å². The van der Waals surface area contributed by atoms with Gasteiger partial charge in [-0.3, -0.25) is 9.48 Å². The van der Waals surface area contributed by atoms with Crippen LogP contribution in [0.4, 0.5) is 0 Å². The van der Waals surface area contributed by atoms with Crippen LogP contribution in [0.2, 0.25) is 0 Å². The average Bonchev–Trinajstić information content (AvgIpc) is 2.75. The first-order valence-electron chi connectivity index (χ1n) is 6.00. The molecule has 0 atom stereocenters. The Bertz CT molecular complexity index is 393. The summed E-state index contributed by atoms with van der Waals surface area (Å²) in [5, 5.41) is 5.05. The number of aryl methyl sites for hydroxylation is 2. The summed E-state index contributed by atoms with van der Waals surface area (Å²) in [7, 11) is 3.47. The highest BCUT2D eigenvalue weighted by Gasteiger charge is 2.20. The monoisotopic (exact) mass is 317 g/mol. The van der Waals surface area contributed by atoms with Crippen LogP contribution in [0.5, 0.6) is 0 Å². The lowest BCUT2D eigenvalue weighted by atomic mass is 10.2. The molecule has 1 aromatic rings. The van der Waals surface area contributed by atoms with Crippen molar-refractivity contribution in [1.82, 2.24) is 14.7 Å². The van der Waals surface area contributed by atoms with Crippen molar-refractivity contribution in [1.29, 1.82) is 0 Å². The summed E-state index contributed by atoms with van der Waals surface area (Å²) in [6.45, 7) is 3.81. The van der Waals surface area contributed by atoms with Crippen molar-refractivity contribution >= 4 is 21.8 Å². The summed E-state index contributed by atoms with van der Waals surface area (Å²) in [5.41, 5.74) is 1.54. The van der Waals surface area contributed by atoms with Gasteiger partial charge in [-0.25, -0.2) is 0 Å². The van der Waals surface area contributed by atoms with Crippen molar-refractivity contribution in [3.05, 3.63) is 17.5 Å². The molecule has 0 unspecified atom stereocenters. The zero-order valence-electron chi connectivity index (χ0n) is 11.1. The molecule has 0 fully saturated rings. The van der Waals surface area contributed by atoms with Crippen LogP contribution in [0.15, 0.2) is 6.20 Å². The van der Waals surface area contributed by atoms with Crippen molar-refractivity contribution < 1.29 is 9.53 Å². The Morgan fingerprint density at radius 3 is 2.83 bits per heavy atom. The van der Waals surface area contributed by atoms with E-state index < -0.39 is 0 Å². The number of rotatable bonds is 7. The molecule has 1 aromatic heterocycles.